The first-order chi connectivity index (χ1) is 12.6. The second-order valence-electron chi connectivity index (χ2n) is 8.96. The molecule has 1 heterocycles. The van der Waals surface area contributed by atoms with Gasteiger partial charge in [-0.1, -0.05) is 11.6 Å². The molecule has 5 rings (SSSR count). The number of rotatable bonds is 7. The number of aryl methyl sites for hydroxylation is 1. The number of hydrogen-bond acceptors (Lipinski definition) is 3. The van der Waals surface area contributed by atoms with Crippen LogP contribution in [-0.2, 0) is 6.42 Å². The third-order valence-corrected chi connectivity index (χ3v) is 7.11. The van der Waals surface area contributed by atoms with Crippen molar-refractivity contribution in [3.63, 3.8) is 0 Å². The van der Waals surface area contributed by atoms with Crippen LogP contribution in [0.3, 0.4) is 0 Å². The van der Waals surface area contributed by atoms with Crippen molar-refractivity contribution < 1.29 is 4.79 Å². The first-order valence-corrected chi connectivity index (χ1v) is 10.5. The Morgan fingerprint density at radius 2 is 1.79 bits per heavy atom. The van der Waals surface area contributed by atoms with Crippen molar-refractivity contribution in [1.82, 2.24) is 15.6 Å². The Hall–Kier alpha value is -0.550. The van der Waals surface area contributed by atoms with E-state index in [0.29, 0.717) is 16.0 Å². The minimum Gasteiger partial charge on any atom is -0.351 e. The molecule has 1 aromatic rings. The van der Waals surface area contributed by atoms with Gasteiger partial charge in [0, 0.05) is 18.4 Å². The largest absolute Gasteiger partial charge is 0.351 e. The lowest BCUT2D eigenvalue weighted by molar-refractivity contribution is -0.0503. The van der Waals surface area contributed by atoms with Gasteiger partial charge < -0.3 is 10.6 Å². The summed E-state index contributed by atoms with van der Waals surface area (Å²) in [6.07, 6.45) is 11.7. The Morgan fingerprint density at radius 1 is 1.18 bits per heavy atom. The molecule has 0 spiro atoms. The molecule has 1 aromatic heterocycles. The lowest BCUT2D eigenvalue weighted by Crippen LogP contribution is -2.51. The molecule has 0 aliphatic heterocycles. The van der Waals surface area contributed by atoms with E-state index in [9.17, 15) is 4.79 Å². The smallest absolute Gasteiger partial charge is 0.252 e. The normalized spacial score (nSPS) is 29.7. The van der Waals surface area contributed by atoms with Crippen LogP contribution >= 0.6 is 36.4 Å². The van der Waals surface area contributed by atoms with Gasteiger partial charge >= 0.3 is 0 Å². The van der Waals surface area contributed by atoms with E-state index in [-0.39, 0.29) is 30.7 Å². The highest BCUT2D eigenvalue weighted by molar-refractivity contribution is 6.33. The van der Waals surface area contributed by atoms with Crippen molar-refractivity contribution in [1.29, 1.82) is 0 Å². The zero-order valence-corrected chi connectivity index (χ0v) is 18.9. The molecule has 0 radical (unpaired) electrons. The summed E-state index contributed by atoms with van der Waals surface area (Å²) in [6, 6.07) is 1.87. The monoisotopic (exact) mass is 447 g/mol. The van der Waals surface area contributed by atoms with E-state index >= 15 is 0 Å². The summed E-state index contributed by atoms with van der Waals surface area (Å²) in [5.74, 6) is 2.67. The van der Waals surface area contributed by atoms with Crippen LogP contribution in [0.1, 0.15) is 61.0 Å². The van der Waals surface area contributed by atoms with Crippen molar-refractivity contribution in [2.75, 3.05) is 20.1 Å². The molecule has 4 saturated carbocycles. The number of pyridine rings is 1. The molecule has 0 saturated heterocycles. The molecule has 2 N–H and O–H groups in total. The van der Waals surface area contributed by atoms with E-state index in [0.717, 1.165) is 49.4 Å². The number of halogens is 3. The molecule has 0 unspecified atom stereocenters. The zero-order chi connectivity index (χ0) is 18.1. The van der Waals surface area contributed by atoms with Gasteiger partial charge in [-0.2, -0.15) is 0 Å². The number of carbonyl (C=O) groups excluding carboxylic acids is 1. The average molecular weight is 449 g/mol. The zero-order valence-electron chi connectivity index (χ0n) is 16.5. The number of hydrogen-bond donors (Lipinski definition) is 2. The van der Waals surface area contributed by atoms with Gasteiger partial charge in [0.25, 0.3) is 5.91 Å². The number of nitrogens with one attached hydrogen (secondary N) is 2. The number of nitrogens with zero attached hydrogens (tertiary/aromatic N) is 1. The van der Waals surface area contributed by atoms with Crippen LogP contribution in [0.5, 0.6) is 0 Å². The van der Waals surface area contributed by atoms with Gasteiger partial charge in [-0.3, -0.25) is 9.78 Å². The van der Waals surface area contributed by atoms with Crippen LogP contribution in [0.15, 0.2) is 12.3 Å². The van der Waals surface area contributed by atoms with Gasteiger partial charge in [-0.25, -0.2) is 0 Å². The van der Waals surface area contributed by atoms with Gasteiger partial charge in [0.1, 0.15) is 0 Å². The molecular weight excluding hydrogens is 417 g/mol. The van der Waals surface area contributed by atoms with Crippen molar-refractivity contribution in [3.8, 4) is 0 Å². The second kappa shape index (κ2) is 9.97. The molecule has 4 aliphatic rings. The molecule has 4 fully saturated rings. The van der Waals surface area contributed by atoms with E-state index in [1.54, 1.807) is 6.20 Å². The van der Waals surface area contributed by atoms with E-state index in [1.807, 2.05) is 13.1 Å². The summed E-state index contributed by atoms with van der Waals surface area (Å²) in [7, 11) is 1.94. The van der Waals surface area contributed by atoms with Gasteiger partial charge in [-0.15, -0.1) is 24.8 Å². The SMILES string of the molecule is CNCCCc1cc(C(=O)NCC23CC4CC(CC(C4)C2)C3)c(Cl)cn1.Cl.Cl. The molecular formula is C21H32Cl3N3O. The van der Waals surface area contributed by atoms with E-state index < -0.39 is 0 Å². The molecule has 4 aliphatic carbocycles. The maximum absolute atomic E-state index is 12.8. The minimum atomic E-state index is -0.0389. The summed E-state index contributed by atoms with van der Waals surface area (Å²) in [5.41, 5.74) is 1.86. The van der Waals surface area contributed by atoms with Crippen molar-refractivity contribution in [2.24, 2.45) is 23.2 Å². The molecule has 7 heteroatoms. The third-order valence-electron chi connectivity index (χ3n) is 6.81. The Balaban J connectivity index is 0.00000140. The Morgan fingerprint density at radius 3 is 2.36 bits per heavy atom. The fourth-order valence-corrected chi connectivity index (χ4v) is 6.30. The number of amides is 1. The first-order valence-electron chi connectivity index (χ1n) is 10.1. The maximum atomic E-state index is 12.8. The minimum absolute atomic E-state index is 0. The molecule has 158 valence electrons. The molecule has 4 nitrogen and oxygen atoms in total. The fraction of sp³-hybridized carbons (Fsp3) is 0.714. The Kier molecular flexibility index (Phi) is 8.45. The van der Waals surface area contributed by atoms with Crippen LogP contribution in [0.2, 0.25) is 5.02 Å². The highest BCUT2D eigenvalue weighted by Crippen LogP contribution is 2.59. The molecule has 4 bridgehead atoms. The van der Waals surface area contributed by atoms with E-state index in [4.69, 9.17) is 11.6 Å². The highest BCUT2D eigenvalue weighted by Gasteiger charge is 2.50. The van der Waals surface area contributed by atoms with Crippen molar-refractivity contribution >= 4 is 42.3 Å². The topological polar surface area (TPSA) is 54.0 Å². The van der Waals surface area contributed by atoms with Crippen LogP contribution in [0.25, 0.3) is 0 Å². The van der Waals surface area contributed by atoms with Gasteiger partial charge in [0.05, 0.1) is 10.6 Å². The summed E-state index contributed by atoms with van der Waals surface area (Å²) in [5, 5.41) is 6.81. The van der Waals surface area contributed by atoms with Crippen molar-refractivity contribution in [2.45, 2.75) is 51.4 Å². The third kappa shape index (κ3) is 5.13. The fourth-order valence-electron chi connectivity index (χ4n) is 6.11. The maximum Gasteiger partial charge on any atom is 0.252 e. The van der Waals surface area contributed by atoms with E-state index in [1.165, 1.54) is 38.5 Å². The summed E-state index contributed by atoms with van der Waals surface area (Å²) < 4.78 is 0. The lowest BCUT2D eigenvalue weighted by Gasteiger charge is -2.56. The summed E-state index contributed by atoms with van der Waals surface area (Å²) >= 11 is 6.27. The molecule has 1 amide bonds. The Labute approximate surface area is 185 Å². The summed E-state index contributed by atoms with van der Waals surface area (Å²) in [4.78, 5) is 17.2. The highest BCUT2D eigenvalue weighted by atomic mass is 35.5. The Bertz CT molecular complexity index is 648. The van der Waals surface area contributed by atoms with Gasteiger partial charge in [0.15, 0.2) is 0 Å². The van der Waals surface area contributed by atoms with Crippen LogP contribution < -0.4 is 10.6 Å². The van der Waals surface area contributed by atoms with Gasteiger partial charge in [0.2, 0.25) is 0 Å². The number of aromatic nitrogens is 1. The molecule has 0 atom stereocenters. The predicted molar refractivity (Wildman–Crippen MR) is 119 cm³/mol. The number of carbonyl (C=O) groups is 1. The van der Waals surface area contributed by atoms with Gasteiger partial charge in [-0.05, 0) is 94.2 Å². The predicted octanol–water partition coefficient (Wildman–Crippen LogP) is 4.68. The average Bonchev–Trinajstić information content (AvgIpc) is 2.60. The quantitative estimate of drug-likeness (QED) is 0.596. The standard InChI is InChI=1S/C21H30ClN3O.2ClH/c1-23-4-2-3-17-8-18(19(22)12-24-17)20(26)25-13-21-9-14-5-15(10-21)7-16(6-14)11-21;;/h8,12,14-16,23H,2-7,9-11,13H2,1H3,(H,25,26);2*1H. The van der Waals surface area contributed by atoms with E-state index in [2.05, 4.69) is 15.6 Å². The second-order valence-corrected chi connectivity index (χ2v) is 9.37. The molecule has 28 heavy (non-hydrogen) atoms. The van der Waals surface area contributed by atoms with Crippen LogP contribution in [0.4, 0.5) is 0 Å². The molecule has 0 aromatic carbocycles. The lowest BCUT2D eigenvalue weighted by atomic mass is 9.49. The van der Waals surface area contributed by atoms with Crippen LogP contribution in [0, 0.1) is 23.2 Å². The first kappa shape index (κ1) is 23.7. The van der Waals surface area contributed by atoms with Crippen molar-refractivity contribution in [3.05, 3.63) is 28.5 Å². The summed E-state index contributed by atoms with van der Waals surface area (Å²) in [6.45, 7) is 1.75. The van der Waals surface area contributed by atoms with Crippen LogP contribution in [-0.4, -0.2) is 31.0 Å².